The van der Waals surface area contributed by atoms with Crippen molar-refractivity contribution < 1.29 is 52.8 Å². The van der Waals surface area contributed by atoms with Crippen LogP contribution in [-0.2, 0) is 49.5 Å². The number of piperidine rings is 1. The topological polar surface area (TPSA) is 182 Å². The number of nitrogens with two attached hydrogens (primary N) is 1. The van der Waals surface area contributed by atoms with Crippen LogP contribution in [0, 0.1) is 11.8 Å². The molecule has 2 aliphatic rings. The minimum Gasteiger partial charge on any atom is -0.341 e. The molecule has 3 rings (SSSR count). The van der Waals surface area contributed by atoms with E-state index in [-0.39, 0.29) is 56.3 Å². The van der Waals surface area contributed by atoms with Crippen LogP contribution >= 0.6 is 0 Å². The van der Waals surface area contributed by atoms with Crippen molar-refractivity contribution >= 4 is 44.0 Å². The summed E-state index contributed by atoms with van der Waals surface area (Å²) in [4.78, 5) is 40.1. The molecule has 1 atom stereocenters. The summed E-state index contributed by atoms with van der Waals surface area (Å²) in [6, 6.07) is 1.91. The van der Waals surface area contributed by atoms with Gasteiger partial charge in [0.25, 0.3) is 0 Å². The average molecular weight is 683 g/mol. The Morgan fingerprint density at radius 1 is 1.09 bits per heavy atom. The monoisotopic (exact) mass is 682 g/mol. The zero-order valence-electron chi connectivity index (χ0n) is 24.9. The van der Waals surface area contributed by atoms with Crippen molar-refractivity contribution in [2.45, 2.75) is 64.2 Å². The smallest absolute Gasteiger partial charge is 0.341 e. The lowest BCUT2D eigenvalue weighted by atomic mass is 10.00. The maximum Gasteiger partial charge on any atom is 0.416 e. The number of nitrogens with zero attached hydrogens (tertiary/aromatic N) is 2. The molecule has 0 bridgehead atoms. The fourth-order valence-electron chi connectivity index (χ4n) is 4.95. The highest BCUT2D eigenvalue weighted by molar-refractivity contribution is 7.85. The summed E-state index contributed by atoms with van der Waals surface area (Å²) in [6.07, 6.45) is -2.18. The molecule has 1 aromatic carbocycles. The van der Waals surface area contributed by atoms with Crippen molar-refractivity contribution in [1.82, 2.24) is 14.5 Å². The second-order valence-electron chi connectivity index (χ2n) is 11.4. The first kappa shape index (κ1) is 36.4. The standard InChI is InChI=1S/C27H37F3N4O9S2/c1-17(2)13-23(32-3)25(36)33-11-9-21(10-12-33)34(16-18-7-8-18)45(40,41)43-26(37)22(15-24(35)42-44(31,38)39)19-5-4-6-20(14-19)27(28,29)30/h4-6,14-15,17-18,21,23,32H,7-13,16H2,1-3H3,(H2,31,38,39)/b22-15+. The third-order valence-electron chi connectivity index (χ3n) is 7.32. The van der Waals surface area contributed by atoms with Gasteiger partial charge in [-0.25, -0.2) is 9.59 Å². The van der Waals surface area contributed by atoms with Crippen molar-refractivity contribution in [2.24, 2.45) is 17.0 Å². The predicted molar refractivity (Wildman–Crippen MR) is 155 cm³/mol. The number of amides is 1. The summed E-state index contributed by atoms with van der Waals surface area (Å²) in [5.74, 6) is -3.40. The first-order chi connectivity index (χ1) is 20.8. The second kappa shape index (κ2) is 14.6. The van der Waals surface area contributed by atoms with Gasteiger partial charge in [-0.1, -0.05) is 26.0 Å². The summed E-state index contributed by atoms with van der Waals surface area (Å²) in [5, 5.41) is 7.67. The maximum absolute atomic E-state index is 13.5. The first-order valence-electron chi connectivity index (χ1n) is 14.2. The molecule has 1 aliphatic carbocycles. The number of carbonyl (C=O) groups is 3. The summed E-state index contributed by atoms with van der Waals surface area (Å²) >= 11 is 0. The number of nitrogens with one attached hydrogen (secondary N) is 1. The molecule has 2 fully saturated rings. The first-order valence-corrected chi connectivity index (χ1v) is 17.0. The molecule has 0 spiro atoms. The van der Waals surface area contributed by atoms with Gasteiger partial charge in [-0.3, -0.25) is 4.79 Å². The van der Waals surface area contributed by atoms with Crippen LogP contribution in [0.3, 0.4) is 0 Å². The lowest BCUT2D eigenvalue weighted by Gasteiger charge is -2.38. The fraction of sp³-hybridized carbons (Fsp3) is 0.593. The Morgan fingerprint density at radius 3 is 2.22 bits per heavy atom. The Balaban J connectivity index is 1.87. The van der Waals surface area contributed by atoms with Gasteiger partial charge in [0.2, 0.25) is 5.91 Å². The van der Waals surface area contributed by atoms with E-state index in [1.807, 2.05) is 13.8 Å². The van der Waals surface area contributed by atoms with Crippen LogP contribution in [0.4, 0.5) is 13.2 Å². The van der Waals surface area contributed by atoms with Crippen LogP contribution in [0.15, 0.2) is 30.3 Å². The van der Waals surface area contributed by atoms with Gasteiger partial charge >= 0.3 is 38.7 Å². The maximum atomic E-state index is 13.5. The average Bonchev–Trinajstić information content (AvgIpc) is 3.75. The van der Waals surface area contributed by atoms with Crippen molar-refractivity contribution in [1.29, 1.82) is 0 Å². The molecule has 0 aromatic heterocycles. The lowest BCUT2D eigenvalue weighted by Crippen LogP contribution is -2.53. The fourth-order valence-corrected chi connectivity index (χ4v) is 6.58. The third-order valence-corrected chi connectivity index (χ3v) is 9.10. The third kappa shape index (κ3) is 10.8. The van der Waals surface area contributed by atoms with Crippen molar-refractivity contribution in [3.8, 4) is 0 Å². The zero-order valence-corrected chi connectivity index (χ0v) is 26.6. The number of hydrogen-bond donors (Lipinski definition) is 2. The second-order valence-corrected chi connectivity index (χ2v) is 14.0. The molecule has 1 unspecified atom stereocenters. The highest BCUT2D eigenvalue weighted by Gasteiger charge is 2.41. The molecule has 1 saturated carbocycles. The SMILES string of the molecule is CNC(CC(C)C)C(=O)N1CCC(N(CC2CC2)S(=O)(=O)OC(=O)/C(=C/C(=O)OS(N)(=O)=O)c2cccc(C(F)(F)F)c2)CC1. The molecule has 0 radical (unpaired) electrons. The summed E-state index contributed by atoms with van der Waals surface area (Å²) in [6.45, 7) is 4.44. The van der Waals surface area contributed by atoms with E-state index < -0.39 is 67.5 Å². The Bertz CT molecular complexity index is 1500. The van der Waals surface area contributed by atoms with Crippen molar-refractivity contribution in [2.75, 3.05) is 26.7 Å². The minimum atomic E-state index is -4.90. The molecule has 45 heavy (non-hydrogen) atoms. The normalized spacial score (nSPS) is 17.8. The largest absolute Gasteiger partial charge is 0.416 e. The summed E-state index contributed by atoms with van der Waals surface area (Å²) < 4.78 is 99.4. The van der Waals surface area contributed by atoms with Gasteiger partial charge in [-0.15, -0.1) is 0 Å². The van der Waals surface area contributed by atoms with Crippen LogP contribution in [0.5, 0.6) is 0 Å². The van der Waals surface area contributed by atoms with Crippen LogP contribution in [-0.4, -0.2) is 82.7 Å². The van der Waals surface area contributed by atoms with E-state index in [1.165, 1.54) is 0 Å². The van der Waals surface area contributed by atoms with E-state index in [1.54, 1.807) is 11.9 Å². The van der Waals surface area contributed by atoms with Gasteiger partial charge in [0.15, 0.2) is 0 Å². The Morgan fingerprint density at radius 2 is 1.71 bits per heavy atom. The number of likely N-dealkylation sites (N-methyl/N-ethyl adjacent to an activating group) is 1. The molecule has 1 saturated heterocycles. The number of rotatable bonds is 13. The van der Waals surface area contributed by atoms with Crippen molar-refractivity contribution in [3.63, 3.8) is 0 Å². The van der Waals surface area contributed by atoms with Crippen LogP contribution < -0.4 is 10.5 Å². The molecule has 1 aliphatic heterocycles. The number of benzene rings is 1. The predicted octanol–water partition coefficient (Wildman–Crippen LogP) is 1.96. The lowest BCUT2D eigenvalue weighted by molar-refractivity contribution is -0.138. The van der Waals surface area contributed by atoms with E-state index in [4.69, 9.17) is 4.18 Å². The summed E-state index contributed by atoms with van der Waals surface area (Å²) in [5.41, 5.74) is -2.86. The zero-order chi connectivity index (χ0) is 33.7. The Hall–Kier alpha value is -3.06. The molecule has 1 aromatic rings. The molecule has 252 valence electrons. The van der Waals surface area contributed by atoms with Crippen LogP contribution in [0.1, 0.15) is 57.1 Å². The number of hydrogen-bond acceptors (Lipinski definition) is 10. The van der Waals surface area contributed by atoms with E-state index in [9.17, 15) is 44.4 Å². The highest BCUT2D eigenvalue weighted by atomic mass is 32.2. The molecular formula is C27H37F3N4O9S2. The van der Waals surface area contributed by atoms with Crippen LogP contribution in [0.2, 0.25) is 0 Å². The molecular weight excluding hydrogens is 645 g/mol. The Kier molecular flexibility index (Phi) is 11.8. The quantitative estimate of drug-likeness (QED) is 0.292. The number of halogens is 3. The summed E-state index contributed by atoms with van der Waals surface area (Å²) in [7, 11) is -8.10. The van der Waals surface area contributed by atoms with Gasteiger partial charge < -0.3 is 18.6 Å². The van der Waals surface area contributed by atoms with Gasteiger partial charge in [0.05, 0.1) is 17.2 Å². The van der Waals surface area contributed by atoms with E-state index in [0.29, 0.717) is 18.6 Å². The number of alkyl halides is 3. The Labute approximate surface area is 260 Å². The molecule has 18 heteroatoms. The van der Waals surface area contributed by atoms with Gasteiger partial charge in [0.1, 0.15) is 0 Å². The van der Waals surface area contributed by atoms with Gasteiger partial charge in [0, 0.05) is 31.8 Å². The van der Waals surface area contributed by atoms with E-state index in [0.717, 1.165) is 29.3 Å². The minimum absolute atomic E-state index is 0.00319. The molecule has 1 amide bonds. The van der Waals surface area contributed by atoms with E-state index in [2.05, 4.69) is 14.6 Å². The number of carbonyl (C=O) groups excluding carboxylic acids is 3. The van der Waals surface area contributed by atoms with Crippen LogP contribution in [0.25, 0.3) is 5.57 Å². The van der Waals surface area contributed by atoms with Gasteiger partial charge in [-0.05, 0) is 68.7 Å². The van der Waals surface area contributed by atoms with Gasteiger partial charge in [-0.2, -0.15) is 39.5 Å². The molecule has 1 heterocycles. The molecule has 3 N–H and O–H groups in total. The van der Waals surface area contributed by atoms with E-state index >= 15 is 0 Å². The highest BCUT2D eigenvalue weighted by Crippen LogP contribution is 2.34. The number of likely N-dealkylation sites (tertiary alicyclic amines) is 1. The molecule has 13 nitrogen and oxygen atoms in total. The van der Waals surface area contributed by atoms with Crippen molar-refractivity contribution in [3.05, 3.63) is 41.5 Å².